The number of ether oxygens (including phenoxy) is 1. The van der Waals surface area contributed by atoms with E-state index in [1.807, 2.05) is 10.8 Å². The third-order valence-electron chi connectivity index (χ3n) is 4.08. The van der Waals surface area contributed by atoms with Gasteiger partial charge in [-0.05, 0) is 6.42 Å². The fourth-order valence-electron chi connectivity index (χ4n) is 2.86. The van der Waals surface area contributed by atoms with Crippen molar-refractivity contribution in [1.29, 1.82) is 0 Å². The van der Waals surface area contributed by atoms with Gasteiger partial charge in [-0.15, -0.1) is 0 Å². The average molecular weight is 311 g/mol. The second-order valence-electron chi connectivity index (χ2n) is 5.89. The van der Waals surface area contributed by atoms with Crippen LogP contribution >= 0.6 is 0 Å². The summed E-state index contributed by atoms with van der Waals surface area (Å²) < 4.78 is 7.51. The average Bonchev–Trinajstić information content (AvgIpc) is 3.05. The van der Waals surface area contributed by atoms with Gasteiger partial charge in [0.2, 0.25) is 0 Å². The summed E-state index contributed by atoms with van der Waals surface area (Å²) in [6.45, 7) is 2.15. The molecule has 2 rings (SSSR count). The third kappa shape index (κ3) is 4.28. The molecule has 7 heteroatoms. The van der Waals surface area contributed by atoms with Crippen LogP contribution in [0.25, 0.3) is 0 Å². The van der Waals surface area contributed by atoms with E-state index in [2.05, 4.69) is 11.9 Å². The number of aliphatic hydroxyl groups is 1. The Morgan fingerprint density at radius 1 is 1.59 bits per heavy atom. The number of carboxylic acids is 1. The number of nitrogens with two attached hydrogens (primary N) is 1. The summed E-state index contributed by atoms with van der Waals surface area (Å²) in [6, 6.07) is -0.914. The monoisotopic (exact) mass is 311 g/mol. The van der Waals surface area contributed by atoms with Crippen molar-refractivity contribution in [3.8, 4) is 0 Å². The van der Waals surface area contributed by atoms with Gasteiger partial charge in [0, 0.05) is 19.0 Å². The molecule has 0 amide bonds. The lowest BCUT2D eigenvalue weighted by Crippen LogP contribution is -2.32. The first kappa shape index (κ1) is 16.9. The van der Waals surface area contributed by atoms with Crippen LogP contribution in [0.1, 0.15) is 50.8 Å². The minimum atomic E-state index is -1.04. The first-order chi connectivity index (χ1) is 10.5. The van der Waals surface area contributed by atoms with Crippen LogP contribution in [0.4, 0.5) is 0 Å². The molecule has 1 aromatic heterocycles. The molecule has 0 radical (unpaired) electrons. The van der Waals surface area contributed by atoms with Crippen LogP contribution in [-0.4, -0.2) is 44.2 Å². The predicted molar refractivity (Wildman–Crippen MR) is 80.2 cm³/mol. The molecular formula is C15H25N3O4. The molecule has 0 aromatic carbocycles. The lowest BCUT2D eigenvalue weighted by molar-refractivity contribution is -0.138. The summed E-state index contributed by atoms with van der Waals surface area (Å²) in [5.41, 5.74) is 6.17. The molecule has 0 aliphatic carbocycles. The lowest BCUT2D eigenvalue weighted by atomic mass is 10.0. The van der Waals surface area contributed by atoms with Gasteiger partial charge in [-0.3, -0.25) is 4.79 Å². The third-order valence-corrected chi connectivity index (χ3v) is 4.08. The Balaban J connectivity index is 1.99. The number of unbranched alkanes of at least 4 members (excludes halogenated alkanes) is 2. The standard InChI is InChI=1S/C15H25N3O4/c1-2-3-4-5-13-12(7-14(19)22-13)18-8-10(17-9-18)6-11(16)15(20)21/h8-9,11-14,19H,2-7,16H2,1H3,(H,20,21)/t11-,12?,13?,14?/m0/s1. The van der Waals surface area contributed by atoms with Crippen LogP contribution in [0.5, 0.6) is 0 Å². The summed E-state index contributed by atoms with van der Waals surface area (Å²) in [6.07, 6.45) is 7.67. The van der Waals surface area contributed by atoms with E-state index in [-0.39, 0.29) is 18.6 Å². The number of nitrogens with zero attached hydrogens (tertiary/aromatic N) is 2. The Labute approximate surface area is 130 Å². The molecule has 1 aliphatic heterocycles. The van der Waals surface area contributed by atoms with Gasteiger partial charge in [-0.25, -0.2) is 4.98 Å². The molecule has 4 N–H and O–H groups in total. The number of carbonyl (C=O) groups is 1. The lowest BCUT2D eigenvalue weighted by Gasteiger charge is -2.19. The Hall–Kier alpha value is -1.44. The molecule has 1 aromatic rings. The van der Waals surface area contributed by atoms with Crippen LogP contribution in [0.3, 0.4) is 0 Å². The first-order valence-corrected chi connectivity index (χ1v) is 7.85. The van der Waals surface area contributed by atoms with Crippen LogP contribution in [-0.2, 0) is 16.0 Å². The fourth-order valence-corrected chi connectivity index (χ4v) is 2.86. The summed E-state index contributed by atoms with van der Waals surface area (Å²) in [5.74, 6) is -1.04. The molecule has 1 fully saturated rings. The van der Waals surface area contributed by atoms with E-state index in [4.69, 9.17) is 15.6 Å². The Morgan fingerprint density at radius 3 is 3.05 bits per heavy atom. The molecule has 2 heterocycles. The maximum Gasteiger partial charge on any atom is 0.320 e. The molecule has 22 heavy (non-hydrogen) atoms. The molecular weight excluding hydrogens is 286 g/mol. The Bertz CT molecular complexity index is 491. The summed E-state index contributed by atoms with van der Waals surface area (Å²) >= 11 is 0. The number of aliphatic hydroxyl groups excluding tert-OH is 1. The molecule has 0 saturated carbocycles. The zero-order valence-electron chi connectivity index (χ0n) is 12.9. The van der Waals surface area contributed by atoms with Gasteiger partial charge in [0.15, 0.2) is 6.29 Å². The summed E-state index contributed by atoms with van der Waals surface area (Å²) in [5, 5.41) is 18.6. The van der Waals surface area contributed by atoms with Crippen molar-refractivity contribution in [2.45, 2.75) is 69.9 Å². The highest BCUT2D eigenvalue weighted by Crippen LogP contribution is 2.33. The van der Waals surface area contributed by atoms with Gasteiger partial charge in [0.1, 0.15) is 6.04 Å². The molecule has 1 saturated heterocycles. The molecule has 124 valence electrons. The van der Waals surface area contributed by atoms with Crippen LogP contribution < -0.4 is 5.73 Å². The first-order valence-electron chi connectivity index (χ1n) is 7.85. The van der Waals surface area contributed by atoms with E-state index >= 15 is 0 Å². The smallest absolute Gasteiger partial charge is 0.320 e. The molecule has 7 nitrogen and oxygen atoms in total. The minimum absolute atomic E-state index is 0.0308. The largest absolute Gasteiger partial charge is 0.480 e. The SMILES string of the molecule is CCCCCC1OC(O)CC1n1cnc(C[C@H](N)C(=O)O)c1. The number of aromatic nitrogens is 2. The van der Waals surface area contributed by atoms with Crippen molar-refractivity contribution in [3.63, 3.8) is 0 Å². The van der Waals surface area contributed by atoms with Crippen LogP contribution in [0, 0.1) is 0 Å². The summed E-state index contributed by atoms with van der Waals surface area (Å²) in [4.78, 5) is 15.0. The number of hydrogen-bond donors (Lipinski definition) is 3. The van der Waals surface area contributed by atoms with E-state index in [0.717, 1.165) is 25.7 Å². The van der Waals surface area contributed by atoms with E-state index in [1.165, 1.54) is 0 Å². The van der Waals surface area contributed by atoms with Gasteiger partial charge < -0.3 is 25.3 Å². The van der Waals surface area contributed by atoms with E-state index in [9.17, 15) is 9.90 Å². The minimum Gasteiger partial charge on any atom is -0.480 e. The van der Waals surface area contributed by atoms with Crippen LogP contribution in [0.15, 0.2) is 12.5 Å². The van der Waals surface area contributed by atoms with Gasteiger partial charge in [-0.2, -0.15) is 0 Å². The normalized spacial score (nSPS) is 26.2. The van der Waals surface area contributed by atoms with Gasteiger partial charge in [-0.1, -0.05) is 26.2 Å². The molecule has 0 spiro atoms. The number of carboxylic acid groups (broad SMARTS) is 1. The number of hydrogen-bond acceptors (Lipinski definition) is 5. The van der Waals surface area contributed by atoms with Crippen molar-refractivity contribution in [3.05, 3.63) is 18.2 Å². The maximum absolute atomic E-state index is 10.8. The topological polar surface area (TPSA) is 111 Å². The summed E-state index contributed by atoms with van der Waals surface area (Å²) in [7, 11) is 0. The highest BCUT2D eigenvalue weighted by molar-refractivity contribution is 5.73. The zero-order chi connectivity index (χ0) is 16.1. The number of rotatable bonds is 8. The van der Waals surface area contributed by atoms with Gasteiger partial charge in [0.25, 0.3) is 0 Å². The second-order valence-corrected chi connectivity index (χ2v) is 5.89. The van der Waals surface area contributed by atoms with Gasteiger partial charge >= 0.3 is 5.97 Å². The van der Waals surface area contributed by atoms with Crippen LogP contribution in [0.2, 0.25) is 0 Å². The van der Waals surface area contributed by atoms with Gasteiger partial charge in [0.05, 0.1) is 24.2 Å². The molecule has 4 atom stereocenters. The highest BCUT2D eigenvalue weighted by Gasteiger charge is 2.35. The highest BCUT2D eigenvalue weighted by atomic mass is 16.6. The second kappa shape index (κ2) is 7.71. The Morgan fingerprint density at radius 2 is 2.36 bits per heavy atom. The van der Waals surface area contributed by atoms with E-state index in [1.54, 1.807) is 6.33 Å². The fraction of sp³-hybridized carbons (Fsp3) is 0.733. The quantitative estimate of drug-likeness (QED) is 0.619. The van der Waals surface area contributed by atoms with Crippen molar-refractivity contribution in [2.24, 2.45) is 5.73 Å². The molecule has 1 aliphatic rings. The zero-order valence-corrected chi connectivity index (χ0v) is 12.9. The maximum atomic E-state index is 10.8. The van der Waals surface area contributed by atoms with Crippen molar-refractivity contribution < 1.29 is 19.7 Å². The van der Waals surface area contributed by atoms with E-state index in [0.29, 0.717) is 12.1 Å². The Kier molecular flexibility index (Phi) is 5.93. The molecule has 0 bridgehead atoms. The van der Waals surface area contributed by atoms with Crippen molar-refractivity contribution in [2.75, 3.05) is 0 Å². The number of imidazole rings is 1. The predicted octanol–water partition coefficient (Wildman–Crippen LogP) is 1.07. The van der Waals surface area contributed by atoms with Crippen molar-refractivity contribution in [1.82, 2.24) is 9.55 Å². The van der Waals surface area contributed by atoms with Crippen molar-refractivity contribution >= 4 is 5.97 Å². The molecule has 3 unspecified atom stereocenters. The number of aliphatic carboxylic acids is 1. The van der Waals surface area contributed by atoms with E-state index < -0.39 is 18.3 Å².